The number of aromatic nitrogens is 3. The molecule has 4 aromatic rings. The van der Waals surface area contributed by atoms with Gasteiger partial charge in [-0.1, -0.05) is 30.3 Å². The molecule has 0 radical (unpaired) electrons. The predicted molar refractivity (Wildman–Crippen MR) is 102 cm³/mol. The first-order chi connectivity index (χ1) is 12.8. The summed E-state index contributed by atoms with van der Waals surface area (Å²) in [4.78, 5) is 24.8. The highest BCUT2D eigenvalue weighted by atomic mass is 16.2. The van der Waals surface area contributed by atoms with Gasteiger partial charge in [0.25, 0.3) is 0 Å². The zero-order valence-electron chi connectivity index (χ0n) is 13.8. The lowest BCUT2D eigenvalue weighted by molar-refractivity contribution is 0.262. The molecular weight excluding hydrogens is 326 g/mol. The number of anilines is 2. The fourth-order valence-corrected chi connectivity index (χ4v) is 2.61. The number of fused-ring (bicyclic) bond motifs is 1. The second kappa shape index (κ2) is 6.98. The van der Waals surface area contributed by atoms with Crippen LogP contribution < -0.4 is 10.6 Å². The number of hydrogen-bond acceptors (Lipinski definition) is 4. The fraction of sp³-hybridized carbons (Fsp3) is 0. The van der Waals surface area contributed by atoms with Gasteiger partial charge in [0.1, 0.15) is 5.82 Å². The largest absolute Gasteiger partial charge is 0.324 e. The van der Waals surface area contributed by atoms with E-state index in [2.05, 4.69) is 25.6 Å². The van der Waals surface area contributed by atoms with Crippen LogP contribution in [-0.2, 0) is 0 Å². The summed E-state index contributed by atoms with van der Waals surface area (Å²) in [6, 6.07) is 18.7. The summed E-state index contributed by atoms with van der Waals surface area (Å²) in [7, 11) is 0. The van der Waals surface area contributed by atoms with Crippen LogP contribution in [0.15, 0.2) is 79.3 Å². The monoisotopic (exact) mass is 341 g/mol. The zero-order valence-corrected chi connectivity index (χ0v) is 13.8. The SMILES string of the molecule is O=C(Nc1ccc2ccccc2c1)Nc1ccnc(-c2ccncc2)n1. The van der Waals surface area contributed by atoms with Crippen LogP contribution in [0.25, 0.3) is 22.2 Å². The van der Waals surface area contributed by atoms with Crippen LogP contribution in [-0.4, -0.2) is 21.0 Å². The Morgan fingerprint density at radius 2 is 1.62 bits per heavy atom. The molecule has 0 aliphatic rings. The maximum absolute atomic E-state index is 12.3. The highest BCUT2D eigenvalue weighted by molar-refractivity contribution is 6.00. The van der Waals surface area contributed by atoms with Crippen molar-refractivity contribution in [2.45, 2.75) is 0 Å². The van der Waals surface area contributed by atoms with Gasteiger partial charge in [0, 0.05) is 29.8 Å². The summed E-state index contributed by atoms with van der Waals surface area (Å²) >= 11 is 0. The molecule has 0 saturated carbocycles. The molecule has 2 aromatic heterocycles. The standard InChI is InChI=1S/C20H15N5O/c26-20(23-17-6-5-14-3-1-2-4-16(14)13-17)25-18-9-12-22-19(24-18)15-7-10-21-11-8-15/h1-13H,(H2,22,23,24,25,26). The van der Waals surface area contributed by atoms with Gasteiger partial charge in [0.15, 0.2) is 5.82 Å². The van der Waals surface area contributed by atoms with Gasteiger partial charge in [-0.15, -0.1) is 0 Å². The van der Waals surface area contributed by atoms with Gasteiger partial charge in [0.2, 0.25) is 0 Å². The summed E-state index contributed by atoms with van der Waals surface area (Å²) in [5, 5.41) is 7.74. The first kappa shape index (κ1) is 15.7. The van der Waals surface area contributed by atoms with Crippen molar-refractivity contribution >= 4 is 28.3 Å². The molecule has 0 aliphatic heterocycles. The fourth-order valence-electron chi connectivity index (χ4n) is 2.61. The number of amides is 2. The van der Waals surface area contributed by atoms with E-state index in [9.17, 15) is 4.79 Å². The number of carbonyl (C=O) groups is 1. The van der Waals surface area contributed by atoms with Gasteiger partial charge >= 0.3 is 6.03 Å². The molecule has 0 atom stereocenters. The van der Waals surface area contributed by atoms with Crippen molar-refractivity contribution in [2.24, 2.45) is 0 Å². The van der Waals surface area contributed by atoms with E-state index >= 15 is 0 Å². The Bertz CT molecular complexity index is 1070. The zero-order chi connectivity index (χ0) is 17.8. The lowest BCUT2D eigenvalue weighted by Gasteiger charge is -2.09. The Morgan fingerprint density at radius 1 is 0.808 bits per heavy atom. The second-order valence-corrected chi connectivity index (χ2v) is 5.64. The van der Waals surface area contributed by atoms with Crippen molar-refractivity contribution in [1.29, 1.82) is 0 Å². The predicted octanol–water partition coefficient (Wildman–Crippen LogP) is 4.34. The molecule has 6 nitrogen and oxygen atoms in total. The highest BCUT2D eigenvalue weighted by Crippen LogP contribution is 2.19. The number of urea groups is 1. The van der Waals surface area contributed by atoms with Crippen LogP contribution in [0, 0.1) is 0 Å². The molecule has 0 aliphatic carbocycles. The summed E-state index contributed by atoms with van der Waals surface area (Å²) < 4.78 is 0. The van der Waals surface area contributed by atoms with E-state index in [-0.39, 0.29) is 6.03 Å². The molecular formula is C20H15N5O. The molecule has 0 fully saturated rings. The number of benzene rings is 2. The lowest BCUT2D eigenvalue weighted by atomic mass is 10.1. The van der Waals surface area contributed by atoms with Crippen molar-refractivity contribution in [3.63, 3.8) is 0 Å². The molecule has 4 rings (SSSR count). The molecule has 2 heterocycles. The molecule has 0 unspecified atom stereocenters. The van der Waals surface area contributed by atoms with Crippen molar-refractivity contribution in [3.05, 3.63) is 79.3 Å². The third-order valence-electron chi connectivity index (χ3n) is 3.84. The van der Waals surface area contributed by atoms with Crippen LogP contribution in [0.1, 0.15) is 0 Å². The maximum atomic E-state index is 12.3. The summed E-state index contributed by atoms with van der Waals surface area (Å²) in [6.45, 7) is 0. The van der Waals surface area contributed by atoms with Crippen LogP contribution in [0.4, 0.5) is 16.3 Å². The van der Waals surface area contributed by atoms with Gasteiger partial charge in [-0.2, -0.15) is 0 Å². The number of rotatable bonds is 3. The van der Waals surface area contributed by atoms with E-state index in [1.165, 1.54) is 0 Å². The summed E-state index contributed by atoms with van der Waals surface area (Å²) in [6.07, 6.45) is 4.95. The Hall–Kier alpha value is -3.80. The Balaban J connectivity index is 1.49. The molecule has 6 heteroatoms. The normalized spacial score (nSPS) is 10.5. The first-order valence-corrected chi connectivity index (χ1v) is 8.08. The lowest BCUT2D eigenvalue weighted by Crippen LogP contribution is -2.20. The van der Waals surface area contributed by atoms with E-state index < -0.39 is 0 Å². The minimum absolute atomic E-state index is 0.361. The quantitative estimate of drug-likeness (QED) is 0.581. The Kier molecular flexibility index (Phi) is 4.22. The van der Waals surface area contributed by atoms with Gasteiger partial charge in [0.05, 0.1) is 0 Å². The van der Waals surface area contributed by atoms with Crippen molar-refractivity contribution in [2.75, 3.05) is 10.6 Å². The first-order valence-electron chi connectivity index (χ1n) is 8.08. The van der Waals surface area contributed by atoms with Crippen molar-refractivity contribution in [3.8, 4) is 11.4 Å². The molecule has 2 amide bonds. The van der Waals surface area contributed by atoms with E-state index in [0.717, 1.165) is 16.3 Å². The minimum atomic E-state index is -0.361. The molecule has 0 saturated heterocycles. The smallest absolute Gasteiger partial charge is 0.308 e. The van der Waals surface area contributed by atoms with E-state index in [0.29, 0.717) is 17.3 Å². The summed E-state index contributed by atoms with van der Waals surface area (Å²) in [5.41, 5.74) is 1.54. The molecule has 126 valence electrons. The number of carbonyl (C=O) groups excluding carboxylic acids is 1. The van der Waals surface area contributed by atoms with E-state index in [1.54, 1.807) is 24.7 Å². The van der Waals surface area contributed by atoms with Crippen molar-refractivity contribution in [1.82, 2.24) is 15.0 Å². The van der Waals surface area contributed by atoms with Crippen molar-refractivity contribution < 1.29 is 4.79 Å². The minimum Gasteiger partial charge on any atom is -0.308 e. The van der Waals surface area contributed by atoms with Crippen LogP contribution in [0.3, 0.4) is 0 Å². The van der Waals surface area contributed by atoms with Gasteiger partial charge in [-0.05, 0) is 41.1 Å². The number of pyridine rings is 1. The molecule has 0 bridgehead atoms. The van der Waals surface area contributed by atoms with Gasteiger partial charge in [-0.3, -0.25) is 10.3 Å². The topological polar surface area (TPSA) is 79.8 Å². The molecule has 0 spiro atoms. The molecule has 2 N–H and O–H groups in total. The highest BCUT2D eigenvalue weighted by Gasteiger charge is 2.07. The van der Waals surface area contributed by atoms with Crippen LogP contribution in [0.2, 0.25) is 0 Å². The van der Waals surface area contributed by atoms with E-state index in [4.69, 9.17) is 0 Å². The van der Waals surface area contributed by atoms with E-state index in [1.807, 2.05) is 54.6 Å². The average molecular weight is 341 g/mol. The third kappa shape index (κ3) is 3.49. The van der Waals surface area contributed by atoms with Gasteiger partial charge < -0.3 is 5.32 Å². The molecule has 26 heavy (non-hydrogen) atoms. The maximum Gasteiger partial charge on any atom is 0.324 e. The average Bonchev–Trinajstić information content (AvgIpc) is 2.69. The Labute approximate surface area is 150 Å². The summed E-state index contributed by atoms with van der Waals surface area (Å²) in [5.74, 6) is 0.945. The Morgan fingerprint density at radius 3 is 2.46 bits per heavy atom. The number of nitrogens with zero attached hydrogens (tertiary/aromatic N) is 3. The number of hydrogen-bond donors (Lipinski definition) is 2. The van der Waals surface area contributed by atoms with Gasteiger partial charge in [-0.25, -0.2) is 14.8 Å². The number of nitrogens with one attached hydrogen (secondary N) is 2. The second-order valence-electron chi connectivity index (χ2n) is 5.64. The third-order valence-corrected chi connectivity index (χ3v) is 3.84. The molecule has 2 aromatic carbocycles. The van der Waals surface area contributed by atoms with Crippen LogP contribution >= 0.6 is 0 Å². The van der Waals surface area contributed by atoms with Crippen LogP contribution in [0.5, 0.6) is 0 Å².